The molecule has 0 aliphatic carbocycles. The third kappa shape index (κ3) is 2.58. The maximum atomic E-state index is 11.2. The topological polar surface area (TPSA) is 55.1 Å². The quantitative estimate of drug-likeness (QED) is 0.797. The van der Waals surface area contributed by atoms with Gasteiger partial charge < -0.3 is 9.73 Å². The number of benzene rings is 1. The van der Waals surface area contributed by atoms with Gasteiger partial charge in [-0.1, -0.05) is 19.1 Å². The molecule has 0 saturated heterocycles. The normalized spacial score (nSPS) is 10.8. The van der Waals surface area contributed by atoms with E-state index in [9.17, 15) is 4.79 Å². The van der Waals surface area contributed by atoms with Crippen molar-refractivity contribution in [3.8, 4) is 10.8 Å². The summed E-state index contributed by atoms with van der Waals surface area (Å²) in [5.41, 5.74) is 0.977. The number of furan rings is 1. The SMILES string of the molecule is CCC(=O)NCc1ccc(-c2nc3ccccc3s2)o1. The molecule has 0 fully saturated rings. The molecule has 4 nitrogen and oxygen atoms in total. The van der Waals surface area contributed by atoms with Crippen molar-refractivity contribution in [2.45, 2.75) is 19.9 Å². The molecule has 1 N–H and O–H groups in total. The Morgan fingerprint density at radius 3 is 2.95 bits per heavy atom. The van der Waals surface area contributed by atoms with E-state index in [1.54, 1.807) is 11.3 Å². The van der Waals surface area contributed by atoms with E-state index in [1.165, 1.54) is 0 Å². The van der Waals surface area contributed by atoms with Gasteiger partial charge in [0.05, 0.1) is 16.8 Å². The first-order valence-corrected chi connectivity index (χ1v) is 7.29. The van der Waals surface area contributed by atoms with Crippen molar-refractivity contribution in [2.75, 3.05) is 0 Å². The van der Waals surface area contributed by atoms with Crippen LogP contribution in [0.2, 0.25) is 0 Å². The van der Waals surface area contributed by atoms with Crippen molar-refractivity contribution < 1.29 is 9.21 Å². The zero-order valence-electron chi connectivity index (χ0n) is 11.1. The molecule has 2 heterocycles. The Morgan fingerprint density at radius 2 is 2.15 bits per heavy atom. The molecule has 0 unspecified atom stereocenters. The van der Waals surface area contributed by atoms with Gasteiger partial charge in [0.2, 0.25) is 5.91 Å². The highest BCUT2D eigenvalue weighted by Crippen LogP contribution is 2.30. The highest BCUT2D eigenvalue weighted by Gasteiger charge is 2.10. The molecule has 0 spiro atoms. The number of para-hydroxylation sites is 1. The molecule has 3 rings (SSSR count). The number of carbonyl (C=O) groups excluding carboxylic acids is 1. The predicted octanol–water partition coefficient (Wildman–Crippen LogP) is 3.58. The van der Waals surface area contributed by atoms with E-state index in [0.29, 0.717) is 13.0 Å². The zero-order chi connectivity index (χ0) is 13.9. The lowest BCUT2D eigenvalue weighted by molar-refractivity contribution is -0.121. The summed E-state index contributed by atoms with van der Waals surface area (Å²) < 4.78 is 6.87. The second-order valence-corrected chi connectivity index (χ2v) is 5.41. The fourth-order valence-corrected chi connectivity index (χ4v) is 2.80. The number of carbonyl (C=O) groups is 1. The van der Waals surface area contributed by atoms with Gasteiger partial charge in [0.1, 0.15) is 5.76 Å². The second kappa shape index (κ2) is 5.46. The number of thiazole rings is 1. The Morgan fingerprint density at radius 1 is 1.30 bits per heavy atom. The number of fused-ring (bicyclic) bond motifs is 1. The molecule has 1 aromatic carbocycles. The van der Waals surface area contributed by atoms with Gasteiger partial charge in [-0.05, 0) is 24.3 Å². The number of nitrogens with zero attached hydrogens (tertiary/aromatic N) is 1. The van der Waals surface area contributed by atoms with E-state index in [0.717, 1.165) is 26.7 Å². The molecule has 0 aliphatic heterocycles. The maximum absolute atomic E-state index is 11.2. The summed E-state index contributed by atoms with van der Waals surface area (Å²) in [5, 5.41) is 3.65. The lowest BCUT2D eigenvalue weighted by Gasteiger charge is -1.99. The Labute approximate surface area is 120 Å². The fourth-order valence-electron chi connectivity index (χ4n) is 1.88. The molecule has 0 aliphatic rings. The number of amides is 1. The number of hydrogen-bond donors (Lipinski definition) is 1. The van der Waals surface area contributed by atoms with Crippen LogP contribution in [0.4, 0.5) is 0 Å². The second-order valence-electron chi connectivity index (χ2n) is 4.38. The minimum atomic E-state index is 0.0166. The summed E-state index contributed by atoms with van der Waals surface area (Å²) in [6, 6.07) is 11.8. The van der Waals surface area contributed by atoms with Crippen molar-refractivity contribution in [1.82, 2.24) is 10.3 Å². The van der Waals surface area contributed by atoms with Crippen LogP contribution < -0.4 is 5.32 Å². The third-order valence-electron chi connectivity index (χ3n) is 2.95. The van der Waals surface area contributed by atoms with Crippen molar-refractivity contribution in [3.05, 3.63) is 42.2 Å². The standard InChI is InChI=1S/C15H14N2O2S/c1-2-14(18)16-9-10-7-8-12(19-10)15-17-11-5-3-4-6-13(11)20-15/h3-8H,2,9H2,1H3,(H,16,18). The molecule has 1 amide bonds. The van der Waals surface area contributed by atoms with E-state index >= 15 is 0 Å². The third-order valence-corrected chi connectivity index (χ3v) is 4.00. The summed E-state index contributed by atoms with van der Waals surface area (Å²) in [4.78, 5) is 15.8. The van der Waals surface area contributed by atoms with Crippen LogP contribution in [0.3, 0.4) is 0 Å². The van der Waals surface area contributed by atoms with E-state index < -0.39 is 0 Å². The zero-order valence-corrected chi connectivity index (χ0v) is 11.9. The van der Waals surface area contributed by atoms with E-state index in [-0.39, 0.29) is 5.91 Å². The minimum absolute atomic E-state index is 0.0166. The van der Waals surface area contributed by atoms with Crippen molar-refractivity contribution in [2.24, 2.45) is 0 Å². The van der Waals surface area contributed by atoms with Crippen LogP contribution in [0.15, 0.2) is 40.8 Å². The molecule has 0 atom stereocenters. The lowest BCUT2D eigenvalue weighted by atomic mass is 10.3. The van der Waals surface area contributed by atoms with E-state index in [4.69, 9.17) is 4.42 Å². The first-order valence-electron chi connectivity index (χ1n) is 6.47. The Kier molecular flexibility index (Phi) is 3.52. The summed E-state index contributed by atoms with van der Waals surface area (Å²) in [5.74, 6) is 1.50. The number of aromatic nitrogens is 1. The molecule has 2 aromatic heterocycles. The van der Waals surface area contributed by atoms with Gasteiger partial charge in [0, 0.05) is 6.42 Å². The van der Waals surface area contributed by atoms with Gasteiger partial charge in [-0.15, -0.1) is 11.3 Å². The molecule has 5 heteroatoms. The molecule has 102 valence electrons. The van der Waals surface area contributed by atoms with Gasteiger partial charge in [-0.25, -0.2) is 4.98 Å². The first kappa shape index (κ1) is 12.9. The van der Waals surface area contributed by atoms with Gasteiger partial charge in [0.25, 0.3) is 0 Å². The molecular weight excluding hydrogens is 272 g/mol. The molecular formula is C15H14N2O2S. The van der Waals surface area contributed by atoms with Crippen molar-refractivity contribution >= 4 is 27.5 Å². The van der Waals surface area contributed by atoms with E-state index in [2.05, 4.69) is 10.3 Å². The van der Waals surface area contributed by atoms with Crippen LogP contribution in [0.5, 0.6) is 0 Å². The smallest absolute Gasteiger partial charge is 0.220 e. The van der Waals surface area contributed by atoms with Crippen molar-refractivity contribution in [1.29, 1.82) is 0 Å². The molecule has 0 radical (unpaired) electrons. The highest BCUT2D eigenvalue weighted by molar-refractivity contribution is 7.21. The summed E-state index contributed by atoms with van der Waals surface area (Å²) in [6.45, 7) is 2.24. The molecule has 3 aromatic rings. The highest BCUT2D eigenvalue weighted by atomic mass is 32.1. The van der Waals surface area contributed by atoms with Gasteiger partial charge in [-0.3, -0.25) is 4.79 Å². The minimum Gasteiger partial charge on any atom is -0.457 e. The summed E-state index contributed by atoms with van der Waals surface area (Å²) in [7, 11) is 0. The van der Waals surface area contributed by atoms with Crippen LogP contribution >= 0.6 is 11.3 Å². The van der Waals surface area contributed by atoms with Gasteiger partial charge >= 0.3 is 0 Å². The largest absolute Gasteiger partial charge is 0.457 e. The first-order chi connectivity index (χ1) is 9.76. The lowest BCUT2D eigenvalue weighted by Crippen LogP contribution is -2.20. The van der Waals surface area contributed by atoms with Gasteiger partial charge in [0.15, 0.2) is 10.8 Å². The monoisotopic (exact) mass is 286 g/mol. The van der Waals surface area contributed by atoms with Gasteiger partial charge in [-0.2, -0.15) is 0 Å². The van der Waals surface area contributed by atoms with Crippen LogP contribution in [0, 0.1) is 0 Å². The molecule has 0 bridgehead atoms. The Bertz CT molecular complexity index is 712. The van der Waals surface area contributed by atoms with Crippen molar-refractivity contribution in [3.63, 3.8) is 0 Å². The molecule has 0 saturated carbocycles. The predicted molar refractivity (Wildman–Crippen MR) is 79.5 cm³/mol. The number of hydrogen-bond acceptors (Lipinski definition) is 4. The average Bonchev–Trinajstić information content (AvgIpc) is 3.10. The van der Waals surface area contributed by atoms with Crippen LogP contribution in [0.25, 0.3) is 21.0 Å². The average molecular weight is 286 g/mol. The van der Waals surface area contributed by atoms with E-state index in [1.807, 2.05) is 43.3 Å². The number of rotatable bonds is 4. The van der Waals surface area contributed by atoms with Crippen LogP contribution in [-0.2, 0) is 11.3 Å². The van der Waals surface area contributed by atoms with Crippen LogP contribution in [0.1, 0.15) is 19.1 Å². The molecule has 20 heavy (non-hydrogen) atoms. The fraction of sp³-hybridized carbons (Fsp3) is 0.200. The summed E-state index contributed by atoms with van der Waals surface area (Å²) in [6.07, 6.45) is 0.478. The maximum Gasteiger partial charge on any atom is 0.220 e. The number of nitrogens with one attached hydrogen (secondary N) is 1. The summed E-state index contributed by atoms with van der Waals surface area (Å²) >= 11 is 1.60. The van der Waals surface area contributed by atoms with Crippen LogP contribution in [-0.4, -0.2) is 10.9 Å². The Hall–Kier alpha value is -2.14. The Balaban J connectivity index is 1.80.